The summed E-state index contributed by atoms with van der Waals surface area (Å²) in [4.78, 5) is 10.8. The SMILES string of the molecule is CC(CCC(N)c1cccc2c1OCCO2)C(=O)O. The Bertz CT molecular complexity index is 461. The number of ether oxygens (including phenoxy) is 2. The van der Waals surface area contributed by atoms with Crippen LogP contribution in [0.5, 0.6) is 11.5 Å². The molecule has 3 N–H and O–H groups in total. The van der Waals surface area contributed by atoms with E-state index in [2.05, 4.69) is 0 Å². The lowest BCUT2D eigenvalue weighted by molar-refractivity contribution is -0.141. The Balaban J connectivity index is 2.07. The second-order valence-corrected chi connectivity index (χ2v) is 4.79. The minimum absolute atomic E-state index is 0.238. The van der Waals surface area contributed by atoms with Crippen LogP contribution in [0.2, 0.25) is 0 Å². The quantitative estimate of drug-likeness (QED) is 0.850. The lowest BCUT2D eigenvalue weighted by Crippen LogP contribution is -2.20. The number of rotatable bonds is 5. The second kappa shape index (κ2) is 5.93. The number of para-hydroxylation sites is 1. The summed E-state index contributed by atoms with van der Waals surface area (Å²) in [6, 6.07) is 5.40. The molecule has 1 aliphatic heterocycles. The van der Waals surface area contributed by atoms with Gasteiger partial charge in [-0.15, -0.1) is 0 Å². The molecule has 0 aromatic heterocycles. The van der Waals surface area contributed by atoms with Crippen molar-refractivity contribution in [3.8, 4) is 11.5 Å². The van der Waals surface area contributed by atoms with E-state index >= 15 is 0 Å². The zero-order valence-corrected chi connectivity index (χ0v) is 11.0. The Kier molecular flexibility index (Phi) is 4.27. The van der Waals surface area contributed by atoms with Crippen LogP contribution in [-0.4, -0.2) is 24.3 Å². The molecule has 1 aromatic carbocycles. The van der Waals surface area contributed by atoms with Crippen molar-refractivity contribution in [1.29, 1.82) is 0 Å². The van der Waals surface area contributed by atoms with Crippen LogP contribution in [0.15, 0.2) is 18.2 Å². The largest absolute Gasteiger partial charge is 0.486 e. The number of hydrogen-bond acceptors (Lipinski definition) is 4. The number of carbonyl (C=O) groups is 1. The molecular formula is C14H19NO4. The number of fused-ring (bicyclic) bond motifs is 1. The summed E-state index contributed by atoms with van der Waals surface area (Å²) in [6.07, 6.45) is 1.15. The Morgan fingerprint density at radius 3 is 2.84 bits per heavy atom. The summed E-state index contributed by atoms with van der Waals surface area (Å²) in [5.74, 6) is 0.236. The highest BCUT2D eigenvalue weighted by molar-refractivity contribution is 5.69. The van der Waals surface area contributed by atoms with Crippen LogP contribution in [0.25, 0.3) is 0 Å². The van der Waals surface area contributed by atoms with E-state index in [1.54, 1.807) is 6.92 Å². The van der Waals surface area contributed by atoms with Crippen molar-refractivity contribution < 1.29 is 19.4 Å². The monoisotopic (exact) mass is 265 g/mol. The predicted molar refractivity (Wildman–Crippen MR) is 70.4 cm³/mol. The maximum atomic E-state index is 10.8. The molecule has 2 rings (SSSR count). The van der Waals surface area contributed by atoms with E-state index in [1.807, 2.05) is 18.2 Å². The molecule has 1 aromatic rings. The average Bonchev–Trinajstić information content (AvgIpc) is 2.43. The third kappa shape index (κ3) is 3.17. The van der Waals surface area contributed by atoms with E-state index in [9.17, 15) is 4.79 Å². The van der Waals surface area contributed by atoms with E-state index in [0.29, 0.717) is 37.6 Å². The summed E-state index contributed by atoms with van der Waals surface area (Å²) in [6.45, 7) is 2.75. The first-order valence-corrected chi connectivity index (χ1v) is 6.46. The van der Waals surface area contributed by atoms with Crippen LogP contribution in [0, 0.1) is 5.92 Å². The Morgan fingerprint density at radius 2 is 2.11 bits per heavy atom. The van der Waals surface area contributed by atoms with Gasteiger partial charge in [-0.3, -0.25) is 4.79 Å². The zero-order valence-electron chi connectivity index (χ0n) is 11.0. The van der Waals surface area contributed by atoms with Gasteiger partial charge in [-0.1, -0.05) is 19.1 Å². The number of hydrogen-bond donors (Lipinski definition) is 2. The minimum atomic E-state index is -0.790. The molecule has 0 saturated carbocycles. The highest BCUT2D eigenvalue weighted by atomic mass is 16.6. The van der Waals surface area contributed by atoms with Crippen LogP contribution in [0.4, 0.5) is 0 Å². The third-order valence-corrected chi connectivity index (χ3v) is 3.33. The number of carboxylic acid groups (broad SMARTS) is 1. The van der Waals surface area contributed by atoms with Crippen molar-refractivity contribution in [2.45, 2.75) is 25.8 Å². The van der Waals surface area contributed by atoms with Gasteiger partial charge in [-0.25, -0.2) is 0 Å². The maximum Gasteiger partial charge on any atom is 0.306 e. The fourth-order valence-corrected chi connectivity index (χ4v) is 2.10. The first-order chi connectivity index (χ1) is 9.09. The molecule has 0 bridgehead atoms. The Hall–Kier alpha value is -1.75. The van der Waals surface area contributed by atoms with Crippen molar-refractivity contribution in [3.05, 3.63) is 23.8 Å². The first kappa shape index (κ1) is 13.7. The molecule has 104 valence electrons. The Morgan fingerprint density at radius 1 is 1.37 bits per heavy atom. The normalized spacial score (nSPS) is 16.7. The third-order valence-electron chi connectivity index (χ3n) is 3.33. The molecule has 2 unspecified atom stereocenters. The molecule has 19 heavy (non-hydrogen) atoms. The van der Waals surface area contributed by atoms with Gasteiger partial charge in [0.1, 0.15) is 13.2 Å². The van der Waals surface area contributed by atoms with Crippen molar-refractivity contribution in [1.82, 2.24) is 0 Å². The predicted octanol–water partition coefficient (Wildman–Crippen LogP) is 1.96. The molecule has 0 aliphatic carbocycles. The summed E-state index contributed by atoms with van der Waals surface area (Å²) in [7, 11) is 0. The molecule has 0 radical (unpaired) electrons. The smallest absolute Gasteiger partial charge is 0.306 e. The van der Waals surface area contributed by atoms with Gasteiger partial charge in [0.2, 0.25) is 0 Å². The molecule has 5 heteroatoms. The second-order valence-electron chi connectivity index (χ2n) is 4.79. The number of aliphatic carboxylic acids is 1. The summed E-state index contributed by atoms with van der Waals surface area (Å²) < 4.78 is 11.1. The first-order valence-electron chi connectivity index (χ1n) is 6.46. The standard InChI is InChI=1S/C14H19NO4/c1-9(14(16)17)5-6-11(15)10-3-2-4-12-13(10)19-8-7-18-12/h2-4,9,11H,5-8,15H2,1H3,(H,16,17). The summed E-state index contributed by atoms with van der Waals surface area (Å²) in [5, 5.41) is 8.87. The molecule has 0 spiro atoms. The van der Waals surface area contributed by atoms with Gasteiger partial charge in [-0.2, -0.15) is 0 Å². The van der Waals surface area contributed by atoms with E-state index in [-0.39, 0.29) is 12.0 Å². The van der Waals surface area contributed by atoms with Crippen LogP contribution in [0.1, 0.15) is 31.4 Å². The highest BCUT2D eigenvalue weighted by Crippen LogP contribution is 2.37. The summed E-state index contributed by atoms with van der Waals surface area (Å²) in [5.41, 5.74) is 7.02. The minimum Gasteiger partial charge on any atom is -0.486 e. The van der Waals surface area contributed by atoms with E-state index in [4.69, 9.17) is 20.3 Å². The summed E-state index contributed by atoms with van der Waals surface area (Å²) >= 11 is 0. The van der Waals surface area contributed by atoms with Crippen LogP contribution < -0.4 is 15.2 Å². The molecule has 2 atom stereocenters. The molecule has 5 nitrogen and oxygen atoms in total. The highest BCUT2D eigenvalue weighted by Gasteiger charge is 2.21. The number of nitrogens with two attached hydrogens (primary N) is 1. The van der Waals surface area contributed by atoms with Gasteiger partial charge in [-0.05, 0) is 18.9 Å². The van der Waals surface area contributed by atoms with Crippen molar-refractivity contribution in [2.24, 2.45) is 11.7 Å². The molecule has 0 fully saturated rings. The molecule has 1 heterocycles. The fourth-order valence-electron chi connectivity index (χ4n) is 2.10. The zero-order chi connectivity index (χ0) is 13.8. The lowest BCUT2D eigenvalue weighted by Gasteiger charge is -2.23. The van der Waals surface area contributed by atoms with Gasteiger partial charge in [0.05, 0.1) is 5.92 Å². The maximum absolute atomic E-state index is 10.8. The molecular weight excluding hydrogens is 246 g/mol. The van der Waals surface area contributed by atoms with Crippen LogP contribution in [0.3, 0.4) is 0 Å². The van der Waals surface area contributed by atoms with Crippen molar-refractivity contribution in [3.63, 3.8) is 0 Å². The van der Waals surface area contributed by atoms with Gasteiger partial charge in [0.15, 0.2) is 11.5 Å². The fraction of sp³-hybridized carbons (Fsp3) is 0.500. The lowest BCUT2D eigenvalue weighted by atomic mass is 9.96. The van der Waals surface area contributed by atoms with Crippen LogP contribution in [-0.2, 0) is 4.79 Å². The van der Waals surface area contributed by atoms with Crippen LogP contribution >= 0.6 is 0 Å². The number of carboxylic acids is 1. The van der Waals surface area contributed by atoms with E-state index in [0.717, 1.165) is 5.56 Å². The molecule has 1 aliphatic rings. The number of benzene rings is 1. The van der Waals surface area contributed by atoms with Gasteiger partial charge < -0.3 is 20.3 Å². The average molecular weight is 265 g/mol. The van der Waals surface area contributed by atoms with Gasteiger partial charge >= 0.3 is 5.97 Å². The Labute approximate surface area is 112 Å². The van der Waals surface area contributed by atoms with Crippen molar-refractivity contribution in [2.75, 3.05) is 13.2 Å². The van der Waals surface area contributed by atoms with Gasteiger partial charge in [0.25, 0.3) is 0 Å². The van der Waals surface area contributed by atoms with Gasteiger partial charge in [0, 0.05) is 11.6 Å². The van der Waals surface area contributed by atoms with E-state index < -0.39 is 5.97 Å². The van der Waals surface area contributed by atoms with Crippen molar-refractivity contribution >= 4 is 5.97 Å². The topological polar surface area (TPSA) is 81.8 Å². The molecule has 0 saturated heterocycles. The molecule has 0 amide bonds. The van der Waals surface area contributed by atoms with E-state index in [1.165, 1.54) is 0 Å².